The van der Waals surface area contributed by atoms with Crippen LogP contribution in [0.3, 0.4) is 0 Å². The first-order valence-corrected chi connectivity index (χ1v) is 6.92. The maximum atomic E-state index is 4.30. The van der Waals surface area contributed by atoms with Crippen molar-refractivity contribution in [3.05, 3.63) is 39.6 Å². The van der Waals surface area contributed by atoms with Gasteiger partial charge in [0.15, 0.2) is 0 Å². The van der Waals surface area contributed by atoms with Crippen LogP contribution in [0.5, 0.6) is 0 Å². The molecule has 0 saturated carbocycles. The zero-order chi connectivity index (χ0) is 11.7. The lowest BCUT2D eigenvalue weighted by Gasteiger charge is -2.03. The first-order valence-electron chi connectivity index (χ1n) is 6.10. The fourth-order valence-electron chi connectivity index (χ4n) is 2.34. The minimum Gasteiger partial charge on any atom is -0.337 e. The predicted octanol–water partition coefficient (Wildman–Crippen LogP) is 2.26. The molecule has 0 radical (unpaired) electrons. The van der Waals surface area contributed by atoms with Gasteiger partial charge in [-0.1, -0.05) is 0 Å². The van der Waals surface area contributed by atoms with Crippen LogP contribution in [-0.2, 0) is 33.0 Å². The quantitative estimate of drug-likeness (QED) is 0.898. The van der Waals surface area contributed by atoms with E-state index in [1.165, 1.54) is 24.1 Å². The Hall–Kier alpha value is -1.13. The van der Waals surface area contributed by atoms with Gasteiger partial charge in [-0.25, -0.2) is 4.98 Å². The Morgan fingerprint density at radius 3 is 3.12 bits per heavy atom. The molecular weight excluding hydrogens is 230 g/mol. The summed E-state index contributed by atoms with van der Waals surface area (Å²) in [5.41, 5.74) is 1.59. The van der Waals surface area contributed by atoms with E-state index in [4.69, 9.17) is 0 Å². The molecule has 0 unspecified atom stereocenters. The van der Waals surface area contributed by atoms with Crippen molar-refractivity contribution in [2.75, 3.05) is 0 Å². The van der Waals surface area contributed by atoms with Crippen molar-refractivity contribution in [1.82, 2.24) is 14.9 Å². The van der Waals surface area contributed by atoms with Gasteiger partial charge in [0.2, 0.25) is 0 Å². The Kier molecular flexibility index (Phi) is 2.99. The average Bonchev–Trinajstić information content (AvgIpc) is 2.95. The van der Waals surface area contributed by atoms with Crippen molar-refractivity contribution in [2.24, 2.45) is 7.05 Å². The van der Waals surface area contributed by atoms with Crippen LogP contribution >= 0.6 is 11.3 Å². The van der Waals surface area contributed by atoms with Crippen LogP contribution in [-0.4, -0.2) is 9.55 Å². The molecule has 0 atom stereocenters. The molecule has 3 nitrogen and oxygen atoms in total. The lowest BCUT2D eigenvalue weighted by Crippen LogP contribution is -2.14. The Morgan fingerprint density at radius 1 is 1.41 bits per heavy atom. The molecule has 0 aliphatic heterocycles. The number of fused-ring (bicyclic) bond motifs is 1. The first-order chi connectivity index (χ1) is 8.33. The number of nitrogens with one attached hydrogen (secondary N) is 1. The molecule has 0 bridgehead atoms. The van der Waals surface area contributed by atoms with Crippen molar-refractivity contribution in [1.29, 1.82) is 0 Å². The fraction of sp³-hybridized carbons (Fsp3) is 0.462. The smallest absolute Gasteiger partial charge is 0.122 e. The van der Waals surface area contributed by atoms with Gasteiger partial charge >= 0.3 is 0 Å². The highest BCUT2D eigenvalue weighted by atomic mass is 32.1. The molecule has 1 aliphatic rings. The summed E-state index contributed by atoms with van der Waals surface area (Å²) in [6.45, 7) is 1.80. The van der Waals surface area contributed by atoms with Crippen molar-refractivity contribution in [3.8, 4) is 0 Å². The highest BCUT2D eigenvalue weighted by molar-refractivity contribution is 7.12. The minimum absolute atomic E-state index is 0.839. The van der Waals surface area contributed by atoms with Gasteiger partial charge < -0.3 is 9.88 Å². The van der Waals surface area contributed by atoms with Crippen LogP contribution < -0.4 is 5.32 Å². The molecule has 90 valence electrons. The summed E-state index contributed by atoms with van der Waals surface area (Å²) in [6, 6.07) is 2.37. The number of aryl methyl sites for hydroxylation is 3. The zero-order valence-electron chi connectivity index (χ0n) is 10.1. The molecule has 0 spiro atoms. The molecule has 4 heteroatoms. The van der Waals surface area contributed by atoms with Gasteiger partial charge in [0.25, 0.3) is 0 Å². The van der Waals surface area contributed by atoms with E-state index in [0.29, 0.717) is 0 Å². The third-order valence-electron chi connectivity index (χ3n) is 3.30. The van der Waals surface area contributed by atoms with Crippen molar-refractivity contribution in [2.45, 2.75) is 32.4 Å². The summed E-state index contributed by atoms with van der Waals surface area (Å²) in [5.74, 6) is 1.09. The number of aromatic nitrogens is 2. The highest BCUT2D eigenvalue weighted by Crippen LogP contribution is 2.30. The molecule has 1 aliphatic carbocycles. The fourth-order valence-corrected chi connectivity index (χ4v) is 3.57. The van der Waals surface area contributed by atoms with E-state index < -0.39 is 0 Å². The predicted molar refractivity (Wildman–Crippen MR) is 70.1 cm³/mol. The topological polar surface area (TPSA) is 29.9 Å². The Bertz CT molecular complexity index is 491. The molecule has 0 aromatic carbocycles. The lowest BCUT2D eigenvalue weighted by atomic mass is 10.2. The number of nitrogens with zero attached hydrogens (tertiary/aromatic N) is 2. The maximum absolute atomic E-state index is 4.30. The molecule has 17 heavy (non-hydrogen) atoms. The number of rotatable bonds is 4. The second-order valence-electron chi connectivity index (χ2n) is 4.57. The van der Waals surface area contributed by atoms with Crippen LogP contribution in [0.25, 0.3) is 0 Å². The van der Waals surface area contributed by atoms with Gasteiger partial charge in [0.05, 0.1) is 6.54 Å². The van der Waals surface area contributed by atoms with Crippen molar-refractivity contribution in [3.63, 3.8) is 0 Å². The van der Waals surface area contributed by atoms with E-state index >= 15 is 0 Å². The van der Waals surface area contributed by atoms with Gasteiger partial charge in [0, 0.05) is 35.7 Å². The van der Waals surface area contributed by atoms with Gasteiger partial charge in [0.1, 0.15) is 5.82 Å². The molecule has 1 N–H and O–H groups in total. The van der Waals surface area contributed by atoms with Gasteiger partial charge in [-0.2, -0.15) is 0 Å². The van der Waals surface area contributed by atoms with E-state index in [0.717, 1.165) is 18.9 Å². The SMILES string of the molecule is Cn1ccnc1CNCc1cc2c(s1)CCC2. The van der Waals surface area contributed by atoms with E-state index in [9.17, 15) is 0 Å². The largest absolute Gasteiger partial charge is 0.337 e. The third-order valence-corrected chi connectivity index (χ3v) is 4.54. The molecule has 2 aromatic rings. The third kappa shape index (κ3) is 2.28. The summed E-state index contributed by atoms with van der Waals surface area (Å²) < 4.78 is 2.06. The standard InChI is InChI=1S/C13H17N3S/c1-16-6-5-15-13(16)9-14-8-11-7-10-3-2-4-12(10)17-11/h5-7,14H,2-4,8-9H2,1H3. The zero-order valence-corrected chi connectivity index (χ0v) is 10.9. The highest BCUT2D eigenvalue weighted by Gasteiger charge is 2.14. The van der Waals surface area contributed by atoms with E-state index in [-0.39, 0.29) is 0 Å². The number of hydrogen-bond donors (Lipinski definition) is 1. The number of thiophene rings is 1. The van der Waals surface area contributed by atoms with E-state index in [1.807, 2.05) is 30.8 Å². The van der Waals surface area contributed by atoms with Crippen LogP contribution in [0, 0.1) is 0 Å². The molecule has 2 aromatic heterocycles. The van der Waals surface area contributed by atoms with Crippen LogP contribution in [0.2, 0.25) is 0 Å². The van der Waals surface area contributed by atoms with Crippen LogP contribution in [0.15, 0.2) is 18.5 Å². The van der Waals surface area contributed by atoms with Crippen LogP contribution in [0.4, 0.5) is 0 Å². The normalized spacial score (nSPS) is 14.2. The number of hydrogen-bond acceptors (Lipinski definition) is 3. The van der Waals surface area contributed by atoms with Gasteiger partial charge in [-0.3, -0.25) is 0 Å². The minimum atomic E-state index is 0.839. The summed E-state index contributed by atoms with van der Waals surface area (Å²) in [6.07, 6.45) is 7.75. The maximum Gasteiger partial charge on any atom is 0.122 e. The number of imidazole rings is 1. The van der Waals surface area contributed by atoms with E-state index in [2.05, 4.69) is 20.9 Å². The average molecular weight is 247 g/mol. The Labute approximate surface area is 106 Å². The molecular formula is C13H17N3S. The molecule has 2 heterocycles. The lowest BCUT2D eigenvalue weighted by molar-refractivity contribution is 0.643. The summed E-state index contributed by atoms with van der Waals surface area (Å²) in [7, 11) is 2.03. The van der Waals surface area contributed by atoms with Crippen molar-refractivity contribution < 1.29 is 0 Å². The molecule has 0 amide bonds. The molecule has 3 rings (SSSR count). The van der Waals surface area contributed by atoms with Gasteiger partial charge in [-0.05, 0) is 30.9 Å². The second kappa shape index (κ2) is 4.63. The summed E-state index contributed by atoms with van der Waals surface area (Å²) >= 11 is 1.97. The molecule has 0 fully saturated rings. The monoisotopic (exact) mass is 247 g/mol. The van der Waals surface area contributed by atoms with E-state index in [1.54, 1.807) is 10.4 Å². The summed E-state index contributed by atoms with van der Waals surface area (Å²) in [5, 5.41) is 3.46. The second-order valence-corrected chi connectivity index (χ2v) is 5.79. The van der Waals surface area contributed by atoms with Crippen molar-refractivity contribution >= 4 is 11.3 Å². The molecule has 0 saturated heterocycles. The summed E-state index contributed by atoms with van der Waals surface area (Å²) in [4.78, 5) is 7.37. The Balaban J connectivity index is 1.56. The Morgan fingerprint density at radius 2 is 2.35 bits per heavy atom. The first kappa shape index (κ1) is 11.0. The van der Waals surface area contributed by atoms with Gasteiger partial charge in [-0.15, -0.1) is 11.3 Å². The van der Waals surface area contributed by atoms with Crippen LogP contribution in [0.1, 0.15) is 27.6 Å².